The van der Waals surface area contributed by atoms with Gasteiger partial charge >= 0.3 is 0 Å². The number of aliphatic hydroxyl groups excluding tert-OH is 2. The molecule has 0 heterocycles. The largest absolute Gasteiger partial charge is 0.490 e. The zero-order valence-corrected chi connectivity index (χ0v) is 17.1. The maximum absolute atomic E-state index is 14.1. The summed E-state index contributed by atoms with van der Waals surface area (Å²) in [5.74, 6) is 0.215. The zero-order valence-electron chi connectivity index (χ0n) is 17.1. The Morgan fingerprint density at radius 1 is 0.900 bits per heavy atom. The number of hydrogen-bond donors (Lipinski definition) is 2. The van der Waals surface area contributed by atoms with Crippen molar-refractivity contribution in [1.29, 1.82) is 0 Å². The number of aliphatic hydroxyl groups is 2. The Balaban J connectivity index is 1.58. The molecule has 4 atom stereocenters. The molecule has 0 bridgehead atoms. The lowest BCUT2D eigenvalue weighted by atomic mass is 9.78. The fraction of sp³-hybridized carbons (Fsp3) is 0.520. The van der Waals surface area contributed by atoms with Crippen LogP contribution >= 0.6 is 0 Å². The topological polar surface area (TPSA) is 49.7 Å². The van der Waals surface area contributed by atoms with Gasteiger partial charge in [-0.15, -0.1) is 0 Å². The average molecular weight is 417 g/mol. The smallest absolute Gasteiger partial charge is 0.123 e. The summed E-state index contributed by atoms with van der Waals surface area (Å²) in [6.45, 7) is -0.0146. The monoisotopic (exact) mass is 416 g/mol. The second-order valence-corrected chi connectivity index (χ2v) is 8.83. The molecular weight excluding hydrogens is 386 g/mol. The van der Waals surface area contributed by atoms with Gasteiger partial charge in [0.15, 0.2) is 0 Å². The molecule has 0 amide bonds. The zero-order chi connectivity index (χ0) is 21.1. The normalized spacial score (nSPS) is 25.1. The first-order valence-corrected chi connectivity index (χ1v) is 11.0. The van der Waals surface area contributed by atoms with Crippen molar-refractivity contribution in [1.82, 2.24) is 0 Å². The molecule has 4 rings (SSSR count). The van der Waals surface area contributed by atoms with Crippen molar-refractivity contribution in [3.8, 4) is 5.75 Å². The first-order valence-electron chi connectivity index (χ1n) is 11.0. The molecule has 0 spiro atoms. The lowest BCUT2D eigenvalue weighted by molar-refractivity contribution is 0.116. The molecule has 2 aliphatic rings. The van der Waals surface area contributed by atoms with E-state index in [1.807, 2.05) is 0 Å². The molecule has 2 aromatic carbocycles. The van der Waals surface area contributed by atoms with E-state index in [2.05, 4.69) is 0 Å². The van der Waals surface area contributed by atoms with Crippen LogP contribution in [0.1, 0.15) is 61.5 Å². The molecule has 0 aromatic heterocycles. The molecule has 0 radical (unpaired) electrons. The summed E-state index contributed by atoms with van der Waals surface area (Å²) in [5.41, 5.74) is 1.73. The summed E-state index contributed by atoms with van der Waals surface area (Å²) in [4.78, 5) is 0. The van der Waals surface area contributed by atoms with Gasteiger partial charge in [-0.3, -0.25) is 0 Å². The second-order valence-electron chi connectivity index (χ2n) is 8.83. The van der Waals surface area contributed by atoms with Crippen LogP contribution in [0.5, 0.6) is 5.75 Å². The van der Waals surface area contributed by atoms with Crippen LogP contribution in [0.15, 0.2) is 42.5 Å². The Bertz CT molecular complexity index is 835. The van der Waals surface area contributed by atoms with E-state index in [9.17, 15) is 19.0 Å². The van der Waals surface area contributed by atoms with Crippen molar-refractivity contribution in [3.63, 3.8) is 0 Å². The summed E-state index contributed by atoms with van der Waals surface area (Å²) in [7, 11) is 0. The van der Waals surface area contributed by atoms with Gasteiger partial charge in [-0.25, -0.2) is 8.78 Å². The third kappa shape index (κ3) is 4.52. The Labute approximate surface area is 176 Å². The molecule has 30 heavy (non-hydrogen) atoms. The highest BCUT2D eigenvalue weighted by Crippen LogP contribution is 2.48. The van der Waals surface area contributed by atoms with Crippen LogP contribution in [0.4, 0.5) is 8.78 Å². The molecule has 3 unspecified atom stereocenters. The molecule has 2 fully saturated rings. The Morgan fingerprint density at radius 3 is 2.23 bits per heavy atom. The van der Waals surface area contributed by atoms with Gasteiger partial charge < -0.3 is 14.9 Å². The molecule has 2 N–H and O–H groups in total. The highest BCUT2D eigenvalue weighted by atomic mass is 19.1. The third-order valence-corrected chi connectivity index (χ3v) is 6.98. The molecule has 0 saturated heterocycles. The molecular formula is C25H30F2O3. The van der Waals surface area contributed by atoms with Crippen LogP contribution in [0.2, 0.25) is 0 Å². The van der Waals surface area contributed by atoms with E-state index in [0.29, 0.717) is 12.2 Å². The second kappa shape index (κ2) is 9.44. The van der Waals surface area contributed by atoms with Gasteiger partial charge in [0.25, 0.3) is 0 Å². The third-order valence-electron chi connectivity index (χ3n) is 6.98. The van der Waals surface area contributed by atoms with Gasteiger partial charge in [-0.05, 0) is 92.2 Å². The van der Waals surface area contributed by atoms with Crippen molar-refractivity contribution in [2.45, 2.75) is 56.5 Å². The standard InChI is InChI=1S/C25H30F2O3/c26-20-8-6-16(7-9-20)25-17(4-5-18(25)14-28)12-19(15-29)23-13-21(27)10-11-24(23)30-22-2-1-3-22/h6-11,13,17-19,22,25,28-29H,1-5,12,14-15H2/t17?,18?,19?,25-/m0/s1. The summed E-state index contributed by atoms with van der Waals surface area (Å²) < 4.78 is 33.6. The highest BCUT2D eigenvalue weighted by Gasteiger charge is 2.38. The van der Waals surface area contributed by atoms with E-state index in [1.54, 1.807) is 18.2 Å². The molecule has 2 saturated carbocycles. The number of halogens is 2. The van der Waals surface area contributed by atoms with Gasteiger partial charge in [0.05, 0.1) is 12.7 Å². The van der Waals surface area contributed by atoms with Crippen LogP contribution in [-0.2, 0) is 0 Å². The van der Waals surface area contributed by atoms with E-state index in [4.69, 9.17) is 4.74 Å². The lowest BCUT2D eigenvalue weighted by Gasteiger charge is -2.31. The quantitative estimate of drug-likeness (QED) is 0.625. The Hall–Kier alpha value is -1.98. The maximum Gasteiger partial charge on any atom is 0.123 e. The van der Waals surface area contributed by atoms with Gasteiger partial charge in [-0.1, -0.05) is 12.1 Å². The van der Waals surface area contributed by atoms with Gasteiger partial charge in [-0.2, -0.15) is 0 Å². The van der Waals surface area contributed by atoms with Crippen LogP contribution in [0.25, 0.3) is 0 Å². The predicted molar refractivity (Wildman–Crippen MR) is 112 cm³/mol. The fourth-order valence-corrected chi connectivity index (χ4v) is 5.15. The lowest BCUT2D eigenvalue weighted by Crippen LogP contribution is -2.26. The number of rotatable bonds is 8. The number of ether oxygens (including phenoxy) is 1. The number of hydrogen-bond acceptors (Lipinski definition) is 3. The molecule has 2 aliphatic carbocycles. The molecule has 162 valence electrons. The fourth-order valence-electron chi connectivity index (χ4n) is 5.15. The molecule has 2 aromatic rings. The van der Waals surface area contributed by atoms with E-state index in [1.165, 1.54) is 24.3 Å². The van der Waals surface area contributed by atoms with Crippen molar-refractivity contribution >= 4 is 0 Å². The maximum atomic E-state index is 14.1. The minimum absolute atomic E-state index is 0.0817. The molecule has 3 nitrogen and oxygen atoms in total. The van der Waals surface area contributed by atoms with E-state index in [0.717, 1.165) is 43.2 Å². The Morgan fingerprint density at radius 2 is 1.60 bits per heavy atom. The molecule has 0 aliphatic heterocycles. The van der Waals surface area contributed by atoms with E-state index in [-0.39, 0.29) is 54.6 Å². The minimum Gasteiger partial charge on any atom is -0.490 e. The van der Waals surface area contributed by atoms with Crippen LogP contribution < -0.4 is 4.74 Å². The summed E-state index contributed by atoms with van der Waals surface area (Å²) >= 11 is 0. The Kier molecular flexibility index (Phi) is 6.69. The van der Waals surface area contributed by atoms with Crippen LogP contribution in [0, 0.1) is 23.5 Å². The van der Waals surface area contributed by atoms with Gasteiger partial charge in [0.2, 0.25) is 0 Å². The van der Waals surface area contributed by atoms with Gasteiger partial charge in [0, 0.05) is 18.1 Å². The van der Waals surface area contributed by atoms with Crippen molar-refractivity contribution in [2.75, 3.05) is 13.2 Å². The first-order chi connectivity index (χ1) is 14.6. The van der Waals surface area contributed by atoms with Crippen LogP contribution in [0.3, 0.4) is 0 Å². The van der Waals surface area contributed by atoms with Crippen molar-refractivity contribution in [3.05, 3.63) is 65.2 Å². The van der Waals surface area contributed by atoms with E-state index < -0.39 is 0 Å². The highest BCUT2D eigenvalue weighted by molar-refractivity contribution is 5.38. The van der Waals surface area contributed by atoms with Crippen molar-refractivity contribution < 1.29 is 23.7 Å². The minimum atomic E-state index is -0.334. The van der Waals surface area contributed by atoms with E-state index >= 15 is 0 Å². The summed E-state index contributed by atoms with van der Waals surface area (Å²) in [5, 5.41) is 20.1. The SMILES string of the molecule is OCC(CC1CCC(CO)[C@H]1c1ccc(F)cc1)c1cc(F)ccc1OC1CCC1. The summed E-state index contributed by atoms with van der Waals surface area (Å²) in [6, 6.07) is 11.1. The number of benzene rings is 2. The van der Waals surface area contributed by atoms with Crippen LogP contribution in [-0.4, -0.2) is 29.5 Å². The van der Waals surface area contributed by atoms with Crippen molar-refractivity contribution in [2.24, 2.45) is 11.8 Å². The predicted octanol–water partition coefficient (Wildman–Crippen LogP) is 5.16. The molecule has 5 heteroatoms. The summed E-state index contributed by atoms with van der Waals surface area (Å²) in [6.07, 6.45) is 5.80. The first kappa shape index (κ1) is 21.3. The average Bonchev–Trinajstić information content (AvgIpc) is 3.13. The van der Waals surface area contributed by atoms with Gasteiger partial charge in [0.1, 0.15) is 17.4 Å².